The predicted octanol–water partition coefficient (Wildman–Crippen LogP) is 2.99. The third-order valence-corrected chi connectivity index (χ3v) is 3.20. The molecule has 2 aromatic heterocycles. The number of aromatic nitrogens is 2. The molecule has 1 N–H and O–H groups in total. The zero-order chi connectivity index (χ0) is 12.3. The van der Waals surface area contributed by atoms with Crippen molar-refractivity contribution < 1.29 is 9.21 Å². The molecule has 0 saturated heterocycles. The van der Waals surface area contributed by atoms with Crippen LogP contribution in [0.4, 0.5) is 5.13 Å². The molecule has 5 nitrogen and oxygen atoms in total. The summed E-state index contributed by atoms with van der Waals surface area (Å²) in [7, 11) is 0. The van der Waals surface area contributed by atoms with Gasteiger partial charge in [0, 0.05) is 6.42 Å². The summed E-state index contributed by atoms with van der Waals surface area (Å²) < 4.78 is 4.84. The Morgan fingerprint density at radius 3 is 3.06 bits per heavy atom. The van der Waals surface area contributed by atoms with Crippen LogP contribution >= 0.6 is 22.9 Å². The Morgan fingerprint density at radius 2 is 2.41 bits per heavy atom. The van der Waals surface area contributed by atoms with Crippen LogP contribution in [-0.4, -0.2) is 16.1 Å². The Morgan fingerprint density at radius 1 is 1.59 bits per heavy atom. The molecule has 2 aromatic rings. The summed E-state index contributed by atoms with van der Waals surface area (Å²) in [6, 6.07) is 1.51. The van der Waals surface area contributed by atoms with Gasteiger partial charge in [-0.05, 0) is 24.1 Å². The van der Waals surface area contributed by atoms with Gasteiger partial charge in [0.2, 0.25) is 10.4 Å². The molecule has 0 aliphatic carbocycles. The van der Waals surface area contributed by atoms with E-state index >= 15 is 0 Å². The Hall–Kier alpha value is -1.40. The van der Waals surface area contributed by atoms with Crippen molar-refractivity contribution in [1.29, 1.82) is 0 Å². The molecule has 17 heavy (non-hydrogen) atoms. The number of carbonyl (C=O) groups is 1. The van der Waals surface area contributed by atoms with Gasteiger partial charge < -0.3 is 4.42 Å². The summed E-state index contributed by atoms with van der Waals surface area (Å²) >= 11 is 7.06. The smallest absolute Gasteiger partial charge is 0.262 e. The van der Waals surface area contributed by atoms with Gasteiger partial charge in [-0.15, -0.1) is 10.2 Å². The normalized spacial score (nSPS) is 10.5. The minimum absolute atomic E-state index is 0.0702. The lowest BCUT2D eigenvalue weighted by Crippen LogP contribution is -2.11. The Labute approximate surface area is 107 Å². The number of amides is 1. The Bertz CT molecular complexity index is 523. The van der Waals surface area contributed by atoms with Crippen molar-refractivity contribution in [2.24, 2.45) is 0 Å². The molecule has 90 valence electrons. The molecule has 0 aliphatic rings. The minimum Gasteiger partial charge on any atom is -0.452 e. The fourth-order valence-corrected chi connectivity index (χ4v) is 2.28. The first-order chi connectivity index (χ1) is 8.20. The average Bonchev–Trinajstić information content (AvgIpc) is 2.88. The van der Waals surface area contributed by atoms with Gasteiger partial charge in [-0.3, -0.25) is 10.1 Å². The van der Waals surface area contributed by atoms with Gasteiger partial charge in [-0.25, -0.2) is 0 Å². The van der Waals surface area contributed by atoms with Gasteiger partial charge in [0.15, 0.2) is 0 Å². The van der Waals surface area contributed by atoms with Crippen LogP contribution in [0.2, 0.25) is 5.22 Å². The molecule has 2 rings (SSSR count). The van der Waals surface area contributed by atoms with E-state index in [1.807, 2.05) is 0 Å². The van der Waals surface area contributed by atoms with Crippen molar-refractivity contribution in [2.45, 2.75) is 19.8 Å². The fraction of sp³-hybridized carbons (Fsp3) is 0.300. The van der Waals surface area contributed by atoms with Crippen LogP contribution in [0.1, 0.15) is 28.7 Å². The largest absolute Gasteiger partial charge is 0.452 e. The van der Waals surface area contributed by atoms with Crippen LogP contribution < -0.4 is 5.32 Å². The van der Waals surface area contributed by atoms with Crippen molar-refractivity contribution in [3.05, 3.63) is 28.1 Å². The zero-order valence-electron chi connectivity index (χ0n) is 9.07. The van der Waals surface area contributed by atoms with Crippen molar-refractivity contribution >= 4 is 34.0 Å². The molecule has 0 fully saturated rings. The summed E-state index contributed by atoms with van der Waals surface area (Å²) in [6.45, 7) is 2.06. The highest BCUT2D eigenvalue weighted by molar-refractivity contribution is 7.15. The molecule has 0 atom stereocenters. The van der Waals surface area contributed by atoms with Crippen molar-refractivity contribution in [3.8, 4) is 0 Å². The summed E-state index contributed by atoms with van der Waals surface area (Å²) in [5, 5.41) is 11.9. The molecule has 0 bridgehead atoms. The first-order valence-corrected chi connectivity index (χ1v) is 6.27. The van der Waals surface area contributed by atoms with E-state index in [0.717, 1.165) is 17.8 Å². The van der Waals surface area contributed by atoms with Gasteiger partial charge >= 0.3 is 0 Å². The number of hydrogen-bond donors (Lipinski definition) is 1. The molecule has 0 aromatic carbocycles. The summed E-state index contributed by atoms with van der Waals surface area (Å²) in [6.07, 6.45) is 3.22. The molecule has 0 aliphatic heterocycles. The second-order valence-electron chi connectivity index (χ2n) is 3.31. The molecule has 2 heterocycles. The topological polar surface area (TPSA) is 68.0 Å². The molecular formula is C10H10ClN3O2S. The number of rotatable bonds is 4. The molecule has 7 heteroatoms. The summed E-state index contributed by atoms with van der Waals surface area (Å²) in [4.78, 5) is 11.7. The zero-order valence-corrected chi connectivity index (χ0v) is 10.6. The lowest BCUT2D eigenvalue weighted by atomic mass is 10.3. The first kappa shape index (κ1) is 12.1. The standard InChI is InChI=1S/C10H10ClN3O2S/c1-2-3-7-13-14-10(17-7)12-9(15)6-4-5-16-8(6)11/h4-5H,2-3H2,1H3,(H,12,14,15). The number of nitrogens with zero attached hydrogens (tertiary/aromatic N) is 2. The quantitative estimate of drug-likeness (QED) is 0.928. The van der Waals surface area contributed by atoms with Crippen LogP contribution in [0, 0.1) is 0 Å². The van der Waals surface area contributed by atoms with E-state index in [2.05, 4.69) is 22.4 Å². The monoisotopic (exact) mass is 271 g/mol. The van der Waals surface area contributed by atoms with Crippen LogP contribution in [0.15, 0.2) is 16.7 Å². The highest BCUT2D eigenvalue weighted by Gasteiger charge is 2.15. The molecule has 0 spiro atoms. The third kappa shape index (κ3) is 2.83. The summed E-state index contributed by atoms with van der Waals surface area (Å²) in [5.74, 6) is -0.344. The number of furan rings is 1. The van der Waals surface area contributed by atoms with Gasteiger partial charge in [0.25, 0.3) is 5.91 Å². The van der Waals surface area contributed by atoms with E-state index < -0.39 is 0 Å². The Balaban J connectivity index is 2.05. The van der Waals surface area contributed by atoms with E-state index in [0.29, 0.717) is 10.7 Å². The molecule has 1 amide bonds. The van der Waals surface area contributed by atoms with Crippen LogP contribution in [0.3, 0.4) is 0 Å². The van der Waals surface area contributed by atoms with E-state index in [-0.39, 0.29) is 11.1 Å². The average molecular weight is 272 g/mol. The van der Waals surface area contributed by atoms with Gasteiger partial charge in [-0.1, -0.05) is 18.3 Å². The van der Waals surface area contributed by atoms with Gasteiger partial charge in [0.1, 0.15) is 5.01 Å². The van der Waals surface area contributed by atoms with Crippen LogP contribution in [0.5, 0.6) is 0 Å². The lowest BCUT2D eigenvalue weighted by Gasteiger charge is -1.97. The third-order valence-electron chi connectivity index (χ3n) is 2.01. The highest BCUT2D eigenvalue weighted by atomic mass is 35.5. The second kappa shape index (κ2) is 5.29. The maximum Gasteiger partial charge on any atom is 0.262 e. The van der Waals surface area contributed by atoms with E-state index in [9.17, 15) is 4.79 Å². The Kier molecular flexibility index (Phi) is 3.75. The van der Waals surface area contributed by atoms with Crippen LogP contribution in [-0.2, 0) is 6.42 Å². The molecule has 0 saturated carbocycles. The first-order valence-electron chi connectivity index (χ1n) is 5.07. The number of aryl methyl sites for hydroxylation is 1. The number of carbonyl (C=O) groups excluding carboxylic acids is 1. The molecular weight excluding hydrogens is 262 g/mol. The van der Waals surface area contributed by atoms with Gasteiger partial charge in [-0.2, -0.15) is 0 Å². The fourth-order valence-electron chi connectivity index (χ4n) is 1.24. The maximum atomic E-state index is 11.7. The van der Waals surface area contributed by atoms with E-state index in [1.54, 1.807) is 0 Å². The van der Waals surface area contributed by atoms with Crippen molar-refractivity contribution in [3.63, 3.8) is 0 Å². The number of anilines is 1. The highest BCUT2D eigenvalue weighted by Crippen LogP contribution is 2.20. The lowest BCUT2D eigenvalue weighted by molar-refractivity contribution is 0.102. The van der Waals surface area contributed by atoms with Crippen LogP contribution in [0.25, 0.3) is 0 Å². The van der Waals surface area contributed by atoms with Gasteiger partial charge in [0.05, 0.1) is 11.8 Å². The summed E-state index contributed by atoms with van der Waals surface area (Å²) in [5.41, 5.74) is 0.291. The number of halogens is 1. The van der Waals surface area contributed by atoms with Crippen molar-refractivity contribution in [1.82, 2.24) is 10.2 Å². The van der Waals surface area contributed by atoms with E-state index in [1.165, 1.54) is 23.7 Å². The SMILES string of the molecule is CCCc1nnc(NC(=O)c2ccoc2Cl)s1. The second-order valence-corrected chi connectivity index (χ2v) is 4.72. The maximum absolute atomic E-state index is 11.7. The van der Waals surface area contributed by atoms with Crippen molar-refractivity contribution in [2.75, 3.05) is 5.32 Å². The number of nitrogens with one attached hydrogen (secondary N) is 1. The minimum atomic E-state index is -0.344. The van der Waals surface area contributed by atoms with E-state index in [4.69, 9.17) is 16.0 Å². The number of hydrogen-bond acceptors (Lipinski definition) is 5. The molecule has 0 unspecified atom stereocenters. The predicted molar refractivity (Wildman–Crippen MR) is 65.6 cm³/mol. The molecule has 0 radical (unpaired) electrons.